The molecule has 0 atom stereocenters. The molecule has 0 saturated heterocycles. The number of aryl methyl sites for hydroxylation is 2. The minimum atomic E-state index is -3.99. The molecule has 1 aliphatic rings. The van der Waals surface area contributed by atoms with Crippen molar-refractivity contribution in [3.8, 4) is 6.01 Å². The Morgan fingerprint density at radius 2 is 1.52 bits per heavy atom. The average Bonchev–Trinajstić information content (AvgIpc) is 2.54. The number of benzene rings is 1. The molecule has 0 spiro atoms. The number of aromatic nitrogens is 2. The molecule has 0 aliphatic heterocycles. The Hall–Kier alpha value is -2.13. The van der Waals surface area contributed by atoms with Gasteiger partial charge >= 0.3 is 6.01 Å². The summed E-state index contributed by atoms with van der Waals surface area (Å²) in [4.78, 5) is 8.08. The summed E-state index contributed by atoms with van der Waals surface area (Å²) in [7, 11) is -3.99. The van der Waals surface area contributed by atoms with Gasteiger partial charge in [0.05, 0.1) is 4.90 Å². The first-order valence-corrected chi connectivity index (χ1v) is 10.2. The van der Waals surface area contributed by atoms with E-state index in [9.17, 15) is 17.2 Å². The summed E-state index contributed by atoms with van der Waals surface area (Å²) in [6.07, 6.45) is 2.25. The standard InChI is InChI=1S/C18H21F2N3O3S/c1-11-7-12(2)22-18(21-11)26-16-5-3-15(4-6-16)23-27(24,25)17-9-13(19)8-14(20)10-17/h7-10,15-16,23H,3-6H2,1-2H3. The molecule has 1 heterocycles. The predicted octanol–water partition coefficient (Wildman–Crippen LogP) is 3.04. The maximum atomic E-state index is 13.3. The number of rotatable bonds is 5. The van der Waals surface area contributed by atoms with Crippen LogP contribution in [0.15, 0.2) is 29.2 Å². The third kappa shape index (κ3) is 5.20. The van der Waals surface area contributed by atoms with Crippen LogP contribution in [0.4, 0.5) is 8.78 Å². The molecule has 9 heteroatoms. The maximum absolute atomic E-state index is 13.3. The lowest BCUT2D eigenvalue weighted by Gasteiger charge is -2.28. The summed E-state index contributed by atoms with van der Waals surface area (Å²) in [5.41, 5.74) is 1.64. The van der Waals surface area contributed by atoms with Crippen molar-refractivity contribution in [1.82, 2.24) is 14.7 Å². The highest BCUT2D eigenvalue weighted by Crippen LogP contribution is 2.24. The molecule has 1 fully saturated rings. The van der Waals surface area contributed by atoms with Gasteiger partial charge < -0.3 is 4.74 Å². The van der Waals surface area contributed by atoms with E-state index in [2.05, 4.69) is 14.7 Å². The van der Waals surface area contributed by atoms with Crippen LogP contribution in [0.1, 0.15) is 37.1 Å². The summed E-state index contributed by atoms with van der Waals surface area (Å²) in [6.45, 7) is 3.73. The van der Waals surface area contributed by atoms with Crippen molar-refractivity contribution in [2.45, 2.75) is 56.6 Å². The van der Waals surface area contributed by atoms with E-state index in [1.54, 1.807) is 0 Å². The van der Waals surface area contributed by atoms with Crippen LogP contribution in [-0.2, 0) is 10.0 Å². The van der Waals surface area contributed by atoms with Gasteiger partial charge in [-0.05, 0) is 57.7 Å². The number of nitrogens with zero attached hydrogens (tertiary/aromatic N) is 2. The Labute approximate surface area is 157 Å². The molecular weight excluding hydrogens is 376 g/mol. The van der Waals surface area contributed by atoms with E-state index < -0.39 is 26.6 Å². The van der Waals surface area contributed by atoms with Crippen molar-refractivity contribution in [3.05, 3.63) is 47.3 Å². The van der Waals surface area contributed by atoms with Crippen molar-refractivity contribution in [1.29, 1.82) is 0 Å². The predicted molar refractivity (Wildman–Crippen MR) is 94.9 cm³/mol. The van der Waals surface area contributed by atoms with Gasteiger partial charge in [-0.25, -0.2) is 31.9 Å². The van der Waals surface area contributed by atoms with Gasteiger partial charge in [0.25, 0.3) is 0 Å². The molecule has 1 aliphatic carbocycles. The highest BCUT2D eigenvalue weighted by molar-refractivity contribution is 7.89. The number of ether oxygens (including phenoxy) is 1. The van der Waals surface area contributed by atoms with Gasteiger partial charge in [0.2, 0.25) is 10.0 Å². The molecule has 0 unspecified atom stereocenters. The monoisotopic (exact) mass is 397 g/mol. The maximum Gasteiger partial charge on any atom is 0.317 e. The first-order valence-electron chi connectivity index (χ1n) is 8.68. The zero-order valence-electron chi connectivity index (χ0n) is 15.1. The highest BCUT2D eigenvalue weighted by atomic mass is 32.2. The number of sulfonamides is 1. The Balaban J connectivity index is 1.59. The van der Waals surface area contributed by atoms with Crippen molar-refractivity contribution in [3.63, 3.8) is 0 Å². The zero-order chi connectivity index (χ0) is 19.6. The fourth-order valence-corrected chi connectivity index (χ4v) is 4.51. The molecule has 3 rings (SSSR count). The number of hydrogen-bond acceptors (Lipinski definition) is 5. The minimum absolute atomic E-state index is 0.0985. The number of nitrogens with one attached hydrogen (secondary N) is 1. The van der Waals surface area contributed by atoms with E-state index >= 15 is 0 Å². The summed E-state index contributed by atoms with van der Waals surface area (Å²) >= 11 is 0. The summed E-state index contributed by atoms with van der Waals surface area (Å²) < 4.78 is 59.6. The molecule has 1 aromatic carbocycles. The fourth-order valence-electron chi connectivity index (χ4n) is 3.17. The second-order valence-electron chi connectivity index (χ2n) is 6.75. The van der Waals surface area contributed by atoms with Gasteiger partial charge in [0.15, 0.2) is 0 Å². The van der Waals surface area contributed by atoms with Crippen molar-refractivity contribution < 1.29 is 21.9 Å². The third-order valence-corrected chi connectivity index (χ3v) is 5.88. The van der Waals surface area contributed by atoms with Gasteiger partial charge in [0, 0.05) is 23.5 Å². The lowest BCUT2D eigenvalue weighted by molar-refractivity contribution is 0.131. The molecule has 0 bridgehead atoms. The Morgan fingerprint density at radius 3 is 2.07 bits per heavy atom. The first kappa shape index (κ1) is 19.6. The normalized spacial score (nSPS) is 20.4. The van der Waals surface area contributed by atoms with E-state index in [1.807, 2.05) is 19.9 Å². The largest absolute Gasteiger partial charge is 0.460 e. The van der Waals surface area contributed by atoms with Crippen molar-refractivity contribution >= 4 is 10.0 Å². The Kier molecular flexibility index (Phi) is 5.71. The molecule has 27 heavy (non-hydrogen) atoms. The summed E-state index contributed by atoms with van der Waals surface area (Å²) in [5, 5.41) is 0. The number of halogens is 2. The van der Waals surface area contributed by atoms with Crippen LogP contribution in [0.3, 0.4) is 0 Å². The van der Waals surface area contributed by atoms with Crippen LogP contribution in [0, 0.1) is 25.5 Å². The summed E-state index contributed by atoms with van der Waals surface area (Å²) in [5.74, 6) is -1.86. The topological polar surface area (TPSA) is 81.2 Å². The third-order valence-electron chi connectivity index (χ3n) is 4.38. The van der Waals surface area contributed by atoms with Crippen LogP contribution < -0.4 is 9.46 Å². The van der Waals surface area contributed by atoms with Gasteiger partial charge in [-0.15, -0.1) is 0 Å². The Bertz CT molecular complexity index is 889. The highest BCUT2D eigenvalue weighted by Gasteiger charge is 2.27. The van der Waals surface area contributed by atoms with Crippen LogP contribution in [0.25, 0.3) is 0 Å². The van der Waals surface area contributed by atoms with Crippen LogP contribution in [0.2, 0.25) is 0 Å². The van der Waals surface area contributed by atoms with Gasteiger partial charge in [-0.1, -0.05) is 0 Å². The van der Waals surface area contributed by atoms with Crippen molar-refractivity contribution in [2.24, 2.45) is 0 Å². The average molecular weight is 397 g/mol. The quantitative estimate of drug-likeness (QED) is 0.839. The Morgan fingerprint density at radius 1 is 0.963 bits per heavy atom. The molecule has 0 radical (unpaired) electrons. The number of hydrogen-bond donors (Lipinski definition) is 1. The van der Waals surface area contributed by atoms with E-state index in [4.69, 9.17) is 4.74 Å². The van der Waals surface area contributed by atoms with E-state index in [-0.39, 0.29) is 12.1 Å². The smallest absolute Gasteiger partial charge is 0.317 e. The zero-order valence-corrected chi connectivity index (χ0v) is 15.9. The van der Waals surface area contributed by atoms with Crippen molar-refractivity contribution in [2.75, 3.05) is 0 Å². The fraction of sp³-hybridized carbons (Fsp3) is 0.444. The first-order chi connectivity index (χ1) is 12.7. The summed E-state index contributed by atoms with van der Waals surface area (Å²) in [6, 6.07) is 4.10. The van der Waals surface area contributed by atoms with Crippen LogP contribution >= 0.6 is 0 Å². The van der Waals surface area contributed by atoms with Gasteiger partial charge in [-0.3, -0.25) is 0 Å². The minimum Gasteiger partial charge on any atom is -0.460 e. The van der Waals surface area contributed by atoms with E-state index in [0.717, 1.165) is 23.5 Å². The van der Waals surface area contributed by atoms with E-state index in [1.165, 1.54) is 0 Å². The van der Waals surface area contributed by atoms with Crippen LogP contribution in [-0.4, -0.2) is 30.5 Å². The van der Waals surface area contributed by atoms with E-state index in [0.29, 0.717) is 37.8 Å². The molecule has 1 N–H and O–H groups in total. The van der Waals surface area contributed by atoms with Gasteiger partial charge in [-0.2, -0.15) is 0 Å². The molecular formula is C18H21F2N3O3S. The molecule has 1 aromatic heterocycles. The van der Waals surface area contributed by atoms with Crippen LogP contribution in [0.5, 0.6) is 6.01 Å². The molecule has 6 nitrogen and oxygen atoms in total. The molecule has 0 amide bonds. The SMILES string of the molecule is Cc1cc(C)nc(OC2CCC(NS(=O)(=O)c3cc(F)cc(F)c3)CC2)n1. The molecule has 2 aromatic rings. The second kappa shape index (κ2) is 7.85. The van der Waals surface area contributed by atoms with Gasteiger partial charge in [0.1, 0.15) is 17.7 Å². The lowest BCUT2D eigenvalue weighted by Crippen LogP contribution is -2.39. The second-order valence-corrected chi connectivity index (χ2v) is 8.47. The molecule has 1 saturated carbocycles. The lowest BCUT2D eigenvalue weighted by atomic mass is 9.94. The molecule has 146 valence electrons.